The van der Waals surface area contributed by atoms with Gasteiger partial charge in [0.15, 0.2) is 5.78 Å². The molecule has 6 rings (SSSR count). The van der Waals surface area contributed by atoms with E-state index in [4.69, 9.17) is 4.98 Å². The number of allylic oxidation sites excluding steroid dienone is 2. The Hall–Kier alpha value is -3.34. The van der Waals surface area contributed by atoms with Gasteiger partial charge in [-0.05, 0) is 31.0 Å². The number of fused-ring (bicyclic) bond motifs is 4. The van der Waals surface area contributed by atoms with Crippen molar-refractivity contribution < 1.29 is 4.79 Å². The molecule has 0 unspecified atom stereocenters. The first kappa shape index (κ1) is 14.8. The molecule has 0 fully saturated rings. The first-order chi connectivity index (χ1) is 13.3. The lowest BCUT2D eigenvalue weighted by Crippen LogP contribution is -2.30. The van der Waals surface area contributed by atoms with Crippen LogP contribution in [-0.2, 0) is 4.79 Å². The molecule has 0 bridgehead atoms. The molecule has 3 heterocycles. The molecule has 27 heavy (non-hydrogen) atoms. The molecule has 2 aliphatic rings. The van der Waals surface area contributed by atoms with Crippen LogP contribution < -0.4 is 5.32 Å². The molecule has 0 saturated heterocycles. The van der Waals surface area contributed by atoms with Crippen molar-refractivity contribution in [2.24, 2.45) is 0 Å². The molecule has 5 heteroatoms. The molecule has 1 aliphatic carbocycles. The average Bonchev–Trinajstić information content (AvgIpc) is 3.28. The van der Waals surface area contributed by atoms with Gasteiger partial charge in [-0.25, -0.2) is 4.98 Å². The van der Waals surface area contributed by atoms with Crippen LogP contribution in [0.1, 0.15) is 30.9 Å². The van der Waals surface area contributed by atoms with E-state index in [1.54, 1.807) is 0 Å². The summed E-state index contributed by atoms with van der Waals surface area (Å²) in [7, 11) is 0. The Morgan fingerprint density at radius 1 is 1.04 bits per heavy atom. The van der Waals surface area contributed by atoms with Gasteiger partial charge >= 0.3 is 0 Å². The summed E-state index contributed by atoms with van der Waals surface area (Å²) in [5.74, 6) is 1.06. The Bertz CT molecular complexity index is 1260. The largest absolute Gasteiger partial charge is 0.361 e. The van der Waals surface area contributed by atoms with E-state index in [1.807, 2.05) is 36.5 Å². The molecule has 2 N–H and O–H groups in total. The summed E-state index contributed by atoms with van der Waals surface area (Å²) >= 11 is 0. The lowest BCUT2D eigenvalue weighted by molar-refractivity contribution is -0.116. The van der Waals surface area contributed by atoms with Gasteiger partial charge in [-0.2, -0.15) is 0 Å². The minimum Gasteiger partial charge on any atom is -0.361 e. The van der Waals surface area contributed by atoms with E-state index in [1.165, 1.54) is 0 Å². The SMILES string of the molecule is O=C1CCCC2=C1[C@H](c1c[nH]c3ccccc13)n1c(nc3ccccc31)N2. The minimum absolute atomic E-state index is 0.160. The second-order valence-corrected chi connectivity index (χ2v) is 7.28. The van der Waals surface area contributed by atoms with Crippen LogP contribution in [0.4, 0.5) is 5.95 Å². The monoisotopic (exact) mass is 354 g/mol. The predicted octanol–water partition coefficient (Wildman–Crippen LogP) is 4.54. The second-order valence-electron chi connectivity index (χ2n) is 7.28. The molecule has 2 aromatic heterocycles. The molecular formula is C22H18N4O. The highest BCUT2D eigenvalue weighted by Gasteiger charge is 2.37. The van der Waals surface area contributed by atoms with E-state index in [2.05, 4.69) is 33.1 Å². The van der Waals surface area contributed by atoms with Crippen LogP contribution >= 0.6 is 0 Å². The number of ketones is 1. The van der Waals surface area contributed by atoms with Crippen LogP contribution in [0.15, 0.2) is 66.0 Å². The standard InChI is InChI=1S/C22H18N4O/c27-19-11-5-9-17-20(19)21(14-12-23-15-7-2-1-6-13(14)15)26-18-10-4-3-8-16(18)24-22(26)25-17/h1-4,6-8,10,12,21,23H,5,9,11H2,(H,24,25)/t21-/m0/s1. The Labute approximate surface area is 155 Å². The Kier molecular flexibility index (Phi) is 2.92. The number of anilines is 1. The quantitative estimate of drug-likeness (QED) is 0.527. The van der Waals surface area contributed by atoms with Gasteiger partial charge < -0.3 is 10.3 Å². The molecule has 1 atom stereocenters. The van der Waals surface area contributed by atoms with Crippen LogP contribution in [0.2, 0.25) is 0 Å². The van der Waals surface area contributed by atoms with Gasteiger partial charge in [-0.3, -0.25) is 9.36 Å². The van der Waals surface area contributed by atoms with Crippen molar-refractivity contribution in [2.45, 2.75) is 25.3 Å². The van der Waals surface area contributed by atoms with Crippen molar-refractivity contribution in [3.05, 3.63) is 71.6 Å². The molecule has 0 radical (unpaired) electrons. The van der Waals surface area contributed by atoms with Gasteiger partial charge in [-0.1, -0.05) is 30.3 Å². The molecule has 2 aromatic carbocycles. The molecule has 4 aromatic rings. The van der Waals surface area contributed by atoms with Crippen molar-refractivity contribution >= 4 is 33.7 Å². The highest BCUT2D eigenvalue weighted by atomic mass is 16.1. The third-order valence-electron chi connectivity index (χ3n) is 5.76. The molecule has 1 aliphatic heterocycles. The fourth-order valence-corrected chi connectivity index (χ4v) is 4.58. The second kappa shape index (κ2) is 5.33. The Balaban J connectivity index is 1.70. The Morgan fingerprint density at radius 2 is 1.89 bits per heavy atom. The number of H-pyrrole nitrogens is 1. The zero-order chi connectivity index (χ0) is 18.0. The molecular weight excluding hydrogens is 336 g/mol. The highest BCUT2D eigenvalue weighted by molar-refractivity contribution is 6.01. The number of hydrogen-bond acceptors (Lipinski definition) is 3. The summed E-state index contributed by atoms with van der Waals surface area (Å²) in [5, 5.41) is 4.61. The van der Waals surface area contributed by atoms with E-state index in [0.717, 1.165) is 57.6 Å². The smallest absolute Gasteiger partial charge is 0.209 e. The number of rotatable bonds is 1. The maximum atomic E-state index is 13.0. The fraction of sp³-hybridized carbons (Fsp3) is 0.182. The third kappa shape index (κ3) is 1.99. The van der Waals surface area contributed by atoms with Gasteiger partial charge in [0.05, 0.1) is 17.1 Å². The molecule has 0 spiro atoms. The number of nitrogens with one attached hydrogen (secondary N) is 2. The highest BCUT2D eigenvalue weighted by Crippen LogP contribution is 2.44. The van der Waals surface area contributed by atoms with E-state index in [9.17, 15) is 4.79 Å². The van der Waals surface area contributed by atoms with Crippen LogP contribution in [0.25, 0.3) is 21.9 Å². The maximum absolute atomic E-state index is 13.0. The number of hydrogen-bond donors (Lipinski definition) is 2. The molecule has 5 nitrogen and oxygen atoms in total. The van der Waals surface area contributed by atoms with E-state index in [0.29, 0.717) is 6.42 Å². The summed E-state index contributed by atoms with van der Waals surface area (Å²) in [4.78, 5) is 21.2. The van der Waals surface area contributed by atoms with Crippen molar-refractivity contribution in [3.8, 4) is 0 Å². The van der Waals surface area contributed by atoms with Crippen molar-refractivity contribution in [1.29, 1.82) is 0 Å². The lowest BCUT2D eigenvalue weighted by atomic mass is 9.85. The van der Waals surface area contributed by atoms with Crippen LogP contribution in [0.3, 0.4) is 0 Å². The summed E-state index contributed by atoms with van der Waals surface area (Å²) in [6.45, 7) is 0. The number of imidazole rings is 1. The van der Waals surface area contributed by atoms with E-state index in [-0.39, 0.29) is 11.8 Å². The number of Topliss-reactive ketones (excluding diaryl/α,β-unsaturated/α-hetero) is 1. The summed E-state index contributed by atoms with van der Waals surface area (Å²) < 4.78 is 2.19. The summed E-state index contributed by atoms with van der Waals surface area (Å²) in [6.07, 6.45) is 4.45. The number of nitrogens with zero attached hydrogens (tertiary/aromatic N) is 2. The number of aromatic nitrogens is 3. The number of benzene rings is 2. The zero-order valence-corrected chi connectivity index (χ0v) is 14.7. The van der Waals surface area contributed by atoms with Crippen LogP contribution in [0, 0.1) is 0 Å². The van der Waals surface area contributed by atoms with Crippen LogP contribution in [-0.4, -0.2) is 20.3 Å². The van der Waals surface area contributed by atoms with Crippen molar-refractivity contribution in [2.75, 3.05) is 5.32 Å². The first-order valence-corrected chi connectivity index (χ1v) is 9.37. The maximum Gasteiger partial charge on any atom is 0.209 e. The van der Waals surface area contributed by atoms with Gasteiger partial charge in [0.2, 0.25) is 5.95 Å². The van der Waals surface area contributed by atoms with Crippen LogP contribution in [0.5, 0.6) is 0 Å². The van der Waals surface area contributed by atoms with Crippen molar-refractivity contribution in [3.63, 3.8) is 0 Å². The fourth-order valence-electron chi connectivity index (χ4n) is 4.58. The topological polar surface area (TPSA) is 62.7 Å². The number of para-hydroxylation sites is 3. The number of carbonyl (C=O) groups excluding carboxylic acids is 1. The first-order valence-electron chi connectivity index (χ1n) is 9.37. The third-order valence-corrected chi connectivity index (χ3v) is 5.76. The van der Waals surface area contributed by atoms with E-state index < -0.39 is 0 Å². The minimum atomic E-state index is -0.160. The normalized spacial score (nSPS) is 19.3. The van der Waals surface area contributed by atoms with Gasteiger partial charge in [-0.15, -0.1) is 0 Å². The molecule has 0 saturated carbocycles. The van der Waals surface area contributed by atoms with Gasteiger partial charge in [0.25, 0.3) is 0 Å². The number of carbonyl (C=O) groups is 1. The van der Waals surface area contributed by atoms with Crippen molar-refractivity contribution in [1.82, 2.24) is 14.5 Å². The predicted molar refractivity (Wildman–Crippen MR) is 106 cm³/mol. The van der Waals surface area contributed by atoms with E-state index >= 15 is 0 Å². The molecule has 132 valence electrons. The molecule has 0 amide bonds. The average molecular weight is 354 g/mol. The van der Waals surface area contributed by atoms with Gasteiger partial charge in [0.1, 0.15) is 0 Å². The Morgan fingerprint density at radius 3 is 2.85 bits per heavy atom. The number of aromatic amines is 1. The van der Waals surface area contributed by atoms with Gasteiger partial charge in [0, 0.05) is 40.4 Å². The zero-order valence-electron chi connectivity index (χ0n) is 14.7. The lowest BCUT2D eigenvalue weighted by Gasteiger charge is -2.33. The summed E-state index contributed by atoms with van der Waals surface area (Å²) in [6, 6.07) is 16.2. The summed E-state index contributed by atoms with van der Waals surface area (Å²) in [5.41, 5.74) is 6.12.